The SMILES string of the molecule is CCCCOCCCN(C[C@@H](O)[C@@H](N)Cc1cc(F)cc(F)c1)C(=O)c1cc(C)cc(C(=O)N(CCC)CCC)c1. The highest BCUT2D eigenvalue weighted by Gasteiger charge is 2.25. The van der Waals surface area contributed by atoms with E-state index in [9.17, 15) is 23.5 Å². The molecule has 0 fully saturated rings. The molecule has 0 unspecified atom stereocenters. The van der Waals surface area contributed by atoms with E-state index >= 15 is 0 Å². The van der Waals surface area contributed by atoms with E-state index in [1.54, 1.807) is 23.1 Å². The summed E-state index contributed by atoms with van der Waals surface area (Å²) >= 11 is 0. The van der Waals surface area contributed by atoms with Gasteiger partial charge < -0.3 is 25.4 Å². The Labute approximate surface area is 243 Å². The van der Waals surface area contributed by atoms with Crippen molar-refractivity contribution in [3.63, 3.8) is 0 Å². The molecule has 3 N–H and O–H groups in total. The Morgan fingerprint density at radius 1 is 0.829 bits per heavy atom. The number of aliphatic hydroxyl groups is 1. The molecule has 2 atom stereocenters. The number of ether oxygens (including phenoxy) is 1. The van der Waals surface area contributed by atoms with Crippen molar-refractivity contribution in [2.45, 2.75) is 78.4 Å². The zero-order valence-electron chi connectivity index (χ0n) is 25.0. The van der Waals surface area contributed by atoms with Crippen LogP contribution in [0.5, 0.6) is 0 Å². The highest BCUT2D eigenvalue weighted by molar-refractivity contribution is 6.00. The van der Waals surface area contributed by atoms with E-state index in [1.165, 1.54) is 17.0 Å². The van der Waals surface area contributed by atoms with Crippen molar-refractivity contribution in [2.24, 2.45) is 5.73 Å². The van der Waals surface area contributed by atoms with E-state index in [0.29, 0.717) is 56.0 Å². The fraction of sp³-hybridized carbons (Fsp3) is 0.562. The second kappa shape index (κ2) is 17.8. The second-order valence-electron chi connectivity index (χ2n) is 10.7. The van der Waals surface area contributed by atoms with Gasteiger partial charge in [0, 0.05) is 62.6 Å². The molecule has 0 aromatic heterocycles. The van der Waals surface area contributed by atoms with Gasteiger partial charge in [0.15, 0.2) is 0 Å². The summed E-state index contributed by atoms with van der Waals surface area (Å²) in [6, 6.07) is 7.40. The Hall–Kier alpha value is -2.88. The van der Waals surface area contributed by atoms with Crippen LogP contribution in [-0.2, 0) is 11.2 Å². The molecule has 0 radical (unpaired) electrons. The zero-order valence-corrected chi connectivity index (χ0v) is 25.0. The third-order valence-electron chi connectivity index (χ3n) is 6.79. The first kappa shape index (κ1) is 34.3. The zero-order chi connectivity index (χ0) is 30.4. The number of aryl methyl sites for hydroxylation is 1. The maximum Gasteiger partial charge on any atom is 0.253 e. The Balaban J connectivity index is 2.25. The number of nitrogens with zero attached hydrogens (tertiary/aromatic N) is 2. The highest BCUT2D eigenvalue weighted by Crippen LogP contribution is 2.17. The lowest BCUT2D eigenvalue weighted by molar-refractivity contribution is 0.0531. The standard InChI is InChI=1S/C32H47F2N3O4/c1-5-8-13-41-14-9-12-37(22-30(38)29(35)19-24-17-27(33)21-28(34)18-24)32(40)26-16-23(4)15-25(20-26)31(39)36(10-6-2)11-7-3/h15-18,20-21,29-30,38H,5-14,19,22,35H2,1-4H3/t29-,30+/m0/s1. The number of nitrogens with two attached hydrogens (primary N) is 1. The second-order valence-corrected chi connectivity index (χ2v) is 10.7. The average molecular weight is 576 g/mol. The molecule has 7 nitrogen and oxygen atoms in total. The highest BCUT2D eigenvalue weighted by atomic mass is 19.1. The molecule has 2 aromatic carbocycles. The lowest BCUT2D eigenvalue weighted by Crippen LogP contribution is -2.47. The van der Waals surface area contributed by atoms with Crippen molar-refractivity contribution >= 4 is 11.8 Å². The minimum absolute atomic E-state index is 0.0335. The van der Waals surface area contributed by atoms with Gasteiger partial charge in [0.05, 0.1) is 6.10 Å². The molecule has 2 rings (SSSR count). The molecule has 0 bridgehead atoms. The number of aliphatic hydroxyl groups excluding tert-OH is 1. The molecule has 228 valence electrons. The molecule has 9 heteroatoms. The van der Waals surface area contributed by atoms with Crippen LogP contribution in [0.2, 0.25) is 0 Å². The monoisotopic (exact) mass is 575 g/mol. The molecular formula is C32H47F2N3O4. The van der Waals surface area contributed by atoms with Gasteiger partial charge in [0.1, 0.15) is 11.6 Å². The summed E-state index contributed by atoms with van der Waals surface area (Å²) in [5.74, 6) is -1.89. The quantitative estimate of drug-likeness (QED) is 0.241. The smallest absolute Gasteiger partial charge is 0.253 e. The predicted octanol–water partition coefficient (Wildman–Crippen LogP) is 5.12. The van der Waals surface area contributed by atoms with Crippen LogP contribution in [0.15, 0.2) is 36.4 Å². The van der Waals surface area contributed by atoms with Gasteiger partial charge in [-0.3, -0.25) is 9.59 Å². The van der Waals surface area contributed by atoms with Crippen molar-refractivity contribution < 1.29 is 28.2 Å². The predicted molar refractivity (Wildman–Crippen MR) is 158 cm³/mol. The molecule has 2 aromatic rings. The first-order chi connectivity index (χ1) is 19.6. The van der Waals surface area contributed by atoms with Gasteiger partial charge in [-0.1, -0.05) is 27.2 Å². The molecule has 2 amide bonds. The number of hydrogen-bond acceptors (Lipinski definition) is 5. The molecule has 0 spiro atoms. The van der Waals surface area contributed by atoms with Crippen LogP contribution in [0.25, 0.3) is 0 Å². The van der Waals surface area contributed by atoms with E-state index in [0.717, 1.165) is 37.3 Å². The molecule has 0 saturated heterocycles. The number of carbonyl (C=O) groups excluding carboxylic acids is 2. The molecule has 0 heterocycles. The summed E-state index contributed by atoms with van der Waals surface area (Å²) in [6.07, 6.45) is 3.06. The van der Waals surface area contributed by atoms with Gasteiger partial charge in [-0.15, -0.1) is 0 Å². The lowest BCUT2D eigenvalue weighted by Gasteiger charge is -2.29. The third-order valence-corrected chi connectivity index (χ3v) is 6.79. The largest absolute Gasteiger partial charge is 0.390 e. The van der Waals surface area contributed by atoms with Crippen molar-refractivity contribution in [1.29, 1.82) is 0 Å². The number of rotatable bonds is 18. The fourth-order valence-electron chi connectivity index (χ4n) is 4.73. The lowest BCUT2D eigenvalue weighted by atomic mass is 10.0. The molecular weight excluding hydrogens is 528 g/mol. The number of unbranched alkanes of at least 4 members (excludes halogenated alkanes) is 1. The van der Waals surface area contributed by atoms with E-state index in [4.69, 9.17) is 10.5 Å². The van der Waals surface area contributed by atoms with Crippen LogP contribution in [0.3, 0.4) is 0 Å². The van der Waals surface area contributed by atoms with E-state index < -0.39 is 23.8 Å². The summed E-state index contributed by atoms with van der Waals surface area (Å²) in [5.41, 5.74) is 8.11. The van der Waals surface area contributed by atoms with Crippen LogP contribution in [0.4, 0.5) is 8.78 Å². The summed E-state index contributed by atoms with van der Waals surface area (Å²) < 4.78 is 33.0. The molecule has 0 aliphatic carbocycles. The van der Waals surface area contributed by atoms with Gasteiger partial charge in [0.2, 0.25) is 0 Å². The summed E-state index contributed by atoms with van der Waals surface area (Å²) in [5, 5.41) is 10.9. The van der Waals surface area contributed by atoms with Gasteiger partial charge >= 0.3 is 0 Å². The van der Waals surface area contributed by atoms with Crippen LogP contribution in [0.1, 0.15) is 84.7 Å². The van der Waals surface area contributed by atoms with Crippen LogP contribution in [-0.4, -0.2) is 78.3 Å². The maximum absolute atomic E-state index is 13.8. The van der Waals surface area contributed by atoms with E-state index in [-0.39, 0.29) is 24.8 Å². The number of benzene rings is 2. The van der Waals surface area contributed by atoms with Crippen LogP contribution in [0, 0.1) is 18.6 Å². The van der Waals surface area contributed by atoms with Gasteiger partial charge in [0.25, 0.3) is 11.8 Å². The number of halogens is 2. The Morgan fingerprint density at radius 2 is 1.39 bits per heavy atom. The molecule has 0 saturated carbocycles. The van der Waals surface area contributed by atoms with Crippen LogP contribution < -0.4 is 5.73 Å². The summed E-state index contributed by atoms with van der Waals surface area (Å²) in [6.45, 7) is 10.5. The minimum atomic E-state index is -1.15. The van der Waals surface area contributed by atoms with E-state index in [1.807, 2.05) is 20.8 Å². The number of hydrogen-bond donors (Lipinski definition) is 2. The maximum atomic E-state index is 13.8. The summed E-state index contributed by atoms with van der Waals surface area (Å²) in [7, 11) is 0. The van der Waals surface area contributed by atoms with Crippen molar-refractivity contribution in [2.75, 3.05) is 39.4 Å². The van der Waals surface area contributed by atoms with Crippen molar-refractivity contribution in [3.8, 4) is 0 Å². The third kappa shape index (κ3) is 11.5. The molecule has 0 aliphatic heterocycles. The molecule has 0 aliphatic rings. The Kier molecular flexibility index (Phi) is 14.9. The minimum Gasteiger partial charge on any atom is -0.390 e. The summed E-state index contributed by atoms with van der Waals surface area (Å²) in [4.78, 5) is 30.4. The van der Waals surface area contributed by atoms with E-state index in [2.05, 4.69) is 6.92 Å². The van der Waals surface area contributed by atoms with Gasteiger partial charge in [-0.05, 0) is 80.5 Å². The first-order valence-electron chi connectivity index (χ1n) is 14.8. The first-order valence-corrected chi connectivity index (χ1v) is 14.8. The molecule has 41 heavy (non-hydrogen) atoms. The van der Waals surface area contributed by atoms with Gasteiger partial charge in [-0.2, -0.15) is 0 Å². The Morgan fingerprint density at radius 3 is 1.95 bits per heavy atom. The number of carbonyl (C=O) groups is 2. The van der Waals surface area contributed by atoms with Gasteiger partial charge in [-0.25, -0.2) is 8.78 Å². The average Bonchev–Trinajstić information content (AvgIpc) is 2.92. The Bertz CT molecular complexity index is 1090. The van der Waals surface area contributed by atoms with Crippen LogP contribution >= 0.6 is 0 Å². The van der Waals surface area contributed by atoms with Crippen molar-refractivity contribution in [3.05, 3.63) is 70.3 Å². The topological polar surface area (TPSA) is 96.1 Å². The van der Waals surface area contributed by atoms with Crippen molar-refractivity contribution in [1.82, 2.24) is 9.80 Å². The normalized spacial score (nSPS) is 12.7. The number of amides is 2. The fourth-order valence-corrected chi connectivity index (χ4v) is 4.73.